The summed E-state index contributed by atoms with van der Waals surface area (Å²) in [5.41, 5.74) is 3.45. The normalized spacial score (nSPS) is 11.7. The Hall–Kier alpha value is -2.12. The number of aryl methyl sites for hydroxylation is 2. The van der Waals surface area contributed by atoms with Gasteiger partial charge in [0.2, 0.25) is 0 Å². The first-order valence-electron chi connectivity index (χ1n) is 6.58. The molecule has 0 saturated heterocycles. The van der Waals surface area contributed by atoms with Gasteiger partial charge in [-0.15, -0.1) is 0 Å². The first-order valence-corrected chi connectivity index (χ1v) is 7.89. The molecule has 1 atom stereocenters. The summed E-state index contributed by atoms with van der Waals surface area (Å²) in [6.45, 7) is 3.95. The van der Waals surface area contributed by atoms with Crippen LogP contribution in [-0.4, -0.2) is 11.3 Å². The summed E-state index contributed by atoms with van der Waals surface area (Å²) in [6.07, 6.45) is 0. The summed E-state index contributed by atoms with van der Waals surface area (Å²) in [5.74, 6) is 0.932. The molecule has 0 aliphatic carbocycles. The molecule has 2 aromatic carbocycles. The maximum atomic E-state index is 12.5. The van der Waals surface area contributed by atoms with Gasteiger partial charge < -0.3 is 4.74 Å². The molecule has 0 spiro atoms. The van der Waals surface area contributed by atoms with Crippen molar-refractivity contribution >= 4 is 10.8 Å². The Morgan fingerprint density at radius 3 is 2.62 bits per heavy atom. The molecular formula is C17H17NO2S. The minimum atomic E-state index is -1.13. The van der Waals surface area contributed by atoms with Crippen LogP contribution in [0.4, 0.5) is 0 Å². The number of nitriles is 1. The first kappa shape index (κ1) is 15.3. The molecule has 0 saturated carbocycles. The highest BCUT2D eigenvalue weighted by atomic mass is 32.2. The average molecular weight is 299 g/mol. The number of methoxy groups -OCH3 is 1. The molecule has 0 amide bonds. The number of rotatable bonds is 4. The Morgan fingerprint density at radius 1 is 1.19 bits per heavy atom. The highest BCUT2D eigenvalue weighted by molar-refractivity contribution is 7.84. The fourth-order valence-corrected chi connectivity index (χ4v) is 3.50. The van der Waals surface area contributed by atoms with E-state index in [0.29, 0.717) is 17.1 Å². The second-order valence-electron chi connectivity index (χ2n) is 4.91. The van der Waals surface area contributed by atoms with E-state index in [1.54, 1.807) is 12.1 Å². The van der Waals surface area contributed by atoms with Crippen LogP contribution in [-0.2, 0) is 16.6 Å². The zero-order valence-corrected chi connectivity index (χ0v) is 13.2. The van der Waals surface area contributed by atoms with Crippen LogP contribution in [0.15, 0.2) is 41.3 Å². The van der Waals surface area contributed by atoms with Crippen molar-refractivity contribution in [2.45, 2.75) is 24.5 Å². The van der Waals surface area contributed by atoms with Gasteiger partial charge >= 0.3 is 0 Å². The standard InChI is InChI=1S/C17H17NO2S/c1-12-4-5-13(2)17(8-12)21(19)11-14-6-7-16(20-3)15(9-14)10-18/h4-9H,11H2,1-3H3. The third-order valence-corrected chi connectivity index (χ3v) is 4.80. The van der Waals surface area contributed by atoms with Crippen LogP contribution in [0, 0.1) is 25.2 Å². The molecule has 0 radical (unpaired) electrons. The predicted octanol–water partition coefficient (Wildman–Crippen LogP) is 3.49. The summed E-state index contributed by atoms with van der Waals surface area (Å²) in [6, 6.07) is 13.4. The molecule has 21 heavy (non-hydrogen) atoms. The summed E-state index contributed by atoms with van der Waals surface area (Å²) in [5, 5.41) is 9.10. The van der Waals surface area contributed by atoms with Crippen molar-refractivity contribution in [3.63, 3.8) is 0 Å². The molecule has 0 fully saturated rings. The van der Waals surface area contributed by atoms with Gasteiger partial charge in [-0.25, -0.2) is 0 Å². The quantitative estimate of drug-likeness (QED) is 0.868. The predicted molar refractivity (Wildman–Crippen MR) is 83.7 cm³/mol. The van der Waals surface area contributed by atoms with Gasteiger partial charge in [0, 0.05) is 4.90 Å². The van der Waals surface area contributed by atoms with Crippen LogP contribution >= 0.6 is 0 Å². The zero-order valence-electron chi connectivity index (χ0n) is 12.3. The Bertz CT molecular complexity index is 732. The molecule has 4 heteroatoms. The molecule has 0 aliphatic rings. The lowest BCUT2D eigenvalue weighted by Crippen LogP contribution is -2.00. The Balaban J connectivity index is 2.28. The van der Waals surface area contributed by atoms with Crippen molar-refractivity contribution in [2.24, 2.45) is 0 Å². The van der Waals surface area contributed by atoms with Crippen molar-refractivity contribution in [1.29, 1.82) is 5.26 Å². The lowest BCUT2D eigenvalue weighted by molar-refractivity contribution is 0.413. The van der Waals surface area contributed by atoms with E-state index in [4.69, 9.17) is 10.00 Å². The van der Waals surface area contributed by atoms with E-state index >= 15 is 0 Å². The summed E-state index contributed by atoms with van der Waals surface area (Å²) >= 11 is 0. The van der Waals surface area contributed by atoms with Crippen molar-refractivity contribution in [3.8, 4) is 11.8 Å². The highest BCUT2D eigenvalue weighted by Gasteiger charge is 2.11. The number of hydrogen-bond donors (Lipinski definition) is 0. The lowest BCUT2D eigenvalue weighted by atomic mass is 10.1. The summed E-state index contributed by atoms with van der Waals surface area (Å²) in [7, 11) is 0.407. The molecule has 0 heterocycles. The van der Waals surface area contributed by atoms with Crippen LogP contribution in [0.5, 0.6) is 5.75 Å². The van der Waals surface area contributed by atoms with E-state index in [0.717, 1.165) is 21.6 Å². The summed E-state index contributed by atoms with van der Waals surface area (Å²) in [4.78, 5) is 0.851. The van der Waals surface area contributed by atoms with Gasteiger partial charge in [-0.2, -0.15) is 5.26 Å². The topological polar surface area (TPSA) is 50.1 Å². The van der Waals surface area contributed by atoms with Gasteiger partial charge in [0.1, 0.15) is 11.8 Å². The number of nitrogens with zero attached hydrogens (tertiary/aromatic N) is 1. The fourth-order valence-electron chi connectivity index (χ4n) is 2.11. The van der Waals surface area contributed by atoms with E-state index in [1.165, 1.54) is 7.11 Å². The van der Waals surface area contributed by atoms with Crippen molar-refractivity contribution < 1.29 is 8.95 Å². The van der Waals surface area contributed by atoms with Crippen LogP contribution in [0.2, 0.25) is 0 Å². The van der Waals surface area contributed by atoms with E-state index in [1.807, 2.05) is 38.1 Å². The van der Waals surface area contributed by atoms with Crippen LogP contribution in [0.1, 0.15) is 22.3 Å². The van der Waals surface area contributed by atoms with Crippen LogP contribution < -0.4 is 4.74 Å². The molecule has 1 unspecified atom stereocenters. The zero-order chi connectivity index (χ0) is 15.4. The van der Waals surface area contributed by atoms with Gasteiger partial charge in [0.05, 0.1) is 29.2 Å². The van der Waals surface area contributed by atoms with Gasteiger partial charge in [-0.1, -0.05) is 18.2 Å². The van der Waals surface area contributed by atoms with Gasteiger partial charge in [-0.05, 0) is 48.7 Å². The van der Waals surface area contributed by atoms with E-state index in [2.05, 4.69) is 6.07 Å². The molecule has 0 bridgehead atoms. The Labute approximate surface area is 127 Å². The number of hydrogen-bond acceptors (Lipinski definition) is 3. The molecule has 2 aromatic rings. The minimum absolute atomic E-state index is 0.392. The average Bonchev–Trinajstić information content (AvgIpc) is 2.49. The van der Waals surface area contributed by atoms with E-state index in [-0.39, 0.29) is 0 Å². The Morgan fingerprint density at radius 2 is 1.95 bits per heavy atom. The molecule has 108 valence electrons. The highest BCUT2D eigenvalue weighted by Crippen LogP contribution is 2.22. The molecule has 0 aromatic heterocycles. The van der Waals surface area contributed by atoms with Crippen molar-refractivity contribution in [1.82, 2.24) is 0 Å². The molecule has 2 rings (SSSR count). The number of benzene rings is 2. The second-order valence-corrected chi connectivity index (χ2v) is 6.32. The monoisotopic (exact) mass is 299 g/mol. The van der Waals surface area contributed by atoms with Crippen LogP contribution in [0.25, 0.3) is 0 Å². The van der Waals surface area contributed by atoms with Crippen LogP contribution in [0.3, 0.4) is 0 Å². The Kier molecular flexibility index (Phi) is 4.77. The van der Waals surface area contributed by atoms with Gasteiger partial charge in [0.15, 0.2) is 0 Å². The first-order chi connectivity index (χ1) is 10.0. The largest absolute Gasteiger partial charge is 0.495 e. The third kappa shape index (κ3) is 3.50. The fraction of sp³-hybridized carbons (Fsp3) is 0.235. The molecular weight excluding hydrogens is 282 g/mol. The molecule has 3 nitrogen and oxygen atoms in total. The van der Waals surface area contributed by atoms with E-state index in [9.17, 15) is 4.21 Å². The summed E-state index contributed by atoms with van der Waals surface area (Å²) < 4.78 is 17.7. The number of ether oxygens (including phenoxy) is 1. The smallest absolute Gasteiger partial charge is 0.136 e. The maximum absolute atomic E-state index is 12.5. The SMILES string of the molecule is COc1ccc(CS(=O)c2cc(C)ccc2C)cc1C#N. The molecule has 0 aliphatic heterocycles. The van der Waals surface area contributed by atoms with Crippen molar-refractivity contribution in [3.05, 3.63) is 58.7 Å². The molecule has 0 N–H and O–H groups in total. The van der Waals surface area contributed by atoms with Gasteiger partial charge in [0.25, 0.3) is 0 Å². The minimum Gasteiger partial charge on any atom is -0.495 e. The maximum Gasteiger partial charge on any atom is 0.136 e. The van der Waals surface area contributed by atoms with Gasteiger partial charge in [-0.3, -0.25) is 4.21 Å². The van der Waals surface area contributed by atoms with Crippen molar-refractivity contribution in [2.75, 3.05) is 7.11 Å². The lowest BCUT2D eigenvalue weighted by Gasteiger charge is -2.09. The van der Waals surface area contributed by atoms with E-state index < -0.39 is 10.8 Å². The third-order valence-electron chi connectivity index (χ3n) is 3.27. The second kappa shape index (κ2) is 6.55.